The average molecular weight is 287 g/mol. The van der Waals surface area contributed by atoms with E-state index in [0.717, 1.165) is 16.1 Å². The van der Waals surface area contributed by atoms with Gasteiger partial charge in [-0.1, -0.05) is 18.2 Å². The standard InChI is InChI=1S/C15H17N3OS/c1-8-3-4-10(5-9(8)2)11-6-13(19)17-7-12-14(11)20-15(16)18-12/h3-5,11H,6-7H2,1-2H3,(H2,16,18)(H,17,19)/t11-/m0/s1. The fourth-order valence-corrected chi connectivity index (χ4v) is 3.54. The van der Waals surface area contributed by atoms with Crippen molar-refractivity contribution >= 4 is 22.4 Å². The molecule has 0 spiro atoms. The Morgan fingerprint density at radius 3 is 2.90 bits per heavy atom. The molecule has 0 bridgehead atoms. The van der Waals surface area contributed by atoms with Crippen molar-refractivity contribution in [3.05, 3.63) is 45.5 Å². The highest BCUT2D eigenvalue weighted by Crippen LogP contribution is 2.37. The third kappa shape index (κ3) is 2.29. The second-order valence-electron chi connectivity index (χ2n) is 5.24. The number of thiazole rings is 1. The Morgan fingerprint density at radius 2 is 2.15 bits per heavy atom. The molecule has 3 N–H and O–H groups in total. The second kappa shape index (κ2) is 4.90. The number of rotatable bonds is 1. The van der Waals surface area contributed by atoms with Crippen LogP contribution in [0.1, 0.15) is 39.6 Å². The van der Waals surface area contributed by atoms with E-state index in [-0.39, 0.29) is 11.8 Å². The maximum atomic E-state index is 11.9. The van der Waals surface area contributed by atoms with Gasteiger partial charge in [0.2, 0.25) is 5.91 Å². The Bertz CT molecular complexity index is 678. The summed E-state index contributed by atoms with van der Waals surface area (Å²) < 4.78 is 0. The zero-order chi connectivity index (χ0) is 14.3. The topological polar surface area (TPSA) is 68.0 Å². The maximum Gasteiger partial charge on any atom is 0.221 e. The lowest BCUT2D eigenvalue weighted by atomic mass is 9.91. The molecule has 0 radical (unpaired) electrons. The lowest BCUT2D eigenvalue weighted by molar-refractivity contribution is -0.121. The third-order valence-electron chi connectivity index (χ3n) is 3.84. The highest BCUT2D eigenvalue weighted by atomic mass is 32.1. The molecule has 1 aromatic heterocycles. The van der Waals surface area contributed by atoms with Crippen LogP contribution < -0.4 is 11.1 Å². The van der Waals surface area contributed by atoms with Gasteiger partial charge >= 0.3 is 0 Å². The summed E-state index contributed by atoms with van der Waals surface area (Å²) in [5.74, 6) is 0.124. The molecule has 1 atom stereocenters. The zero-order valence-electron chi connectivity index (χ0n) is 11.6. The van der Waals surface area contributed by atoms with Crippen molar-refractivity contribution in [1.29, 1.82) is 0 Å². The van der Waals surface area contributed by atoms with Crippen LogP contribution >= 0.6 is 11.3 Å². The summed E-state index contributed by atoms with van der Waals surface area (Å²) in [6.45, 7) is 4.66. The monoisotopic (exact) mass is 287 g/mol. The summed E-state index contributed by atoms with van der Waals surface area (Å²) in [6.07, 6.45) is 0.455. The molecular weight excluding hydrogens is 270 g/mol. The first-order valence-corrected chi connectivity index (χ1v) is 7.45. The molecule has 1 aliphatic rings. The molecule has 2 aromatic rings. The number of hydrogen-bond acceptors (Lipinski definition) is 4. The van der Waals surface area contributed by atoms with Crippen LogP contribution in [0, 0.1) is 13.8 Å². The predicted molar refractivity (Wildman–Crippen MR) is 80.7 cm³/mol. The smallest absolute Gasteiger partial charge is 0.221 e. The Morgan fingerprint density at radius 1 is 1.35 bits per heavy atom. The van der Waals surface area contributed by atoms with E-state index in [9.17, 15) is 4.79 Å². The molecule has 0 aliphatic carbocycles. The lowest BCUT2D eigenvalue weighted by Crippen LogP contribution is -2.21. The van der Waals surface area contributed by atoms with Crippen LogP contribution in [0.3, 0.4) is 0 Å². The molecule has 0 saturated heterocycles. The Balaban J connectivity index is 2.09. The SMILES string of the molecule is Cc1ccc([C@@H]2CC(=O)NCc3nc(N)sc32)cc1C. The lowest BCUT2D eigenvalue weighted by Gasteiger charge is -2.15. The first-order valence-electron chi connectivity index (χ1n) is 6.63. The minimum absolute atomic E-state index is 0.0570. The first kappa shape index (κ1) is 13.1. The average Bonchev–Trinajstić information content (AvgIpc) is 2.71. The molecule has 20 heavy (non-hydrogen) atoms. The minimum Gasteiger partial charge on any atom is -0.375 e. The van der Waals surface area contributed by atoms with Crippen LogP contribution in [-0.2, 0) is 11.3 Å². The fourth-order valence-electron chi connectivity index (χ4n) is 2.56. The molecule has 104 valence electrons. The van der Waals surface area contributed by atoms with Crippen molar-refractivity contribution in [3.63, 3.8) is 0 Å². The number of nitrogens with zero attached hydrogens (tertiary/aromatic N) is 1. The molecule has 1 amide bonds. The van der Waals surface area contributed by atoms with Crippen LogP contribution in [0.4, 0.5) is 5.13 Å². The third-order valence-corrected chi connectivity index (χ3v) is 4.88. The van der Waals surface area contributed by atoms with Crippen molar-refractivity contribution in [1.82, 2.24) is 10.3 Å². The van der Waals surface area contributed by atoms with Gasteiger partial charge in [0.1, 0.15) is 0 Å². The number of aromatic nitrogens is 1. The Labute approximate surface area is 122 Å². The number of anilines is 1. The van der Waals surface area contributed by atoms with Crippen LogP contribution in [0.2, 0.25) is 0 Å². The minimum atomic E-state index is 0.0570. The van der Waals surface area contributed by atoms with Crippen LogP contribution in [0.15, 0.2) is 18.2 Å². The molecule has 1 aliphatic heterocycles. The van der Waals surface area contributed by atoms with Gasteiger partial charge < -0.3 is 11.1 Å². The number of aryl methyl sites for hydroxylation is 2. The van der Waals surface area contributed by atoms with Gasteiger partial charge in [0.25, 0.3) is 0 Å². The van der Waals surface area contributed by atoms with Crippen LogP contribution in [-0.4, -0.2) is 10.9 Å². The largest absolute Gasteiger partial charge is 0.375 e. The van der Waals surface area contributed by atoms with Gasteiger partial charge in [-0.15, -0.1) is 11.3 Å². The number of nitrogens with two attached hydrogens (primary N) is 1. The van der Waals surface area contributed by atoms with Gasteiger partial charge in [-0.25, -0.2) is 4.98 Å². The summed E-state index contributed by atoms with van der Waals surface area (Å²) in [4.78, 5) is 17.4. The predicted octanol–water partition coefficient (Wildman–Crippen LogP) is 2.49. The summed E-state index contributed by atoms with van der Waals surface area (Å²) in [5, 5.41) is 3.46. The summed E-state index contributed by atoms with van der Waals surface area (Å²) >= 11 is 1.49. The first-order chi connectivity index (χ1) is 9.54. The normalized spacial score (nSPS) is 18.3. The van der Waals surface area contributed by atoms with E-state index >= 15 is 0 Å². The van der Waals surface area contributed by atoms with E-state index < -0.39 is 0 Å². The van der Waals surface area contributed by atoms with Crippen LogP contribution in [0.25, 0.3) is 0 Å². The zero-order valence-corrected chi connectivity index (χ0v) is 12.4. The van der Waals surface area contributed by atoms with E-state index in [2.05, 4.69) is 42.3 Å². The summed E-state index contributed by atoms with van der Waals surface area (Å²) in [7, 11) is 0. The van der Waals surface area contributed by atoms with Crippen molar-refractivity contribution in [2.24, 2.45) is 0 Å². The fraction of sp³-hybridized carbons (Fsp3) is 0.333. The van der Waals surface area contributed by atoms with E-state index in [0.29, 0.717) is 18.1 Å². The molecule has 2 heterocycles. The molecule has 0 fully saturated rings. The van der Waals surface area contributed by atoms with E-state index in [1.165, 1.54) is 22.5 Å². The number of carbonyl (C=O) groups excluding carboxylic acids is 1. The summed E-state index contributed by atoms with van der Waals surface area (Å²) in [6, 6.07) is 6.38. The highest BCUT2D eigenvalue weighted by molar-refractivity contribution is 7.15. The molecule has 4 nitrogen and oxygen atoms in total. The number of nitrogen functional groups attached to an aromatic ring is 1. The molecule has 3 rings (SSSR count). The van der Waals surface area contributed by atoms with Crippen molar-refractivity contribution in [2.75, 3.05) is 5.73 Å². The van der Waals surface area contributed by atoms with Gasteiger partial charge in [0.05, 0.1) is 12.2 Å². The summed E-state index contributed by atoms with van der Waals surface area (Å²) in [5.41, 5.74) is 10.4. The number of benzene rings is 1. The Kier molecular flexibility index (Phi) is 3.22. The number of fused-ring (bicyclic) bond motifs is 1. The highest BCUT2D eigenvalue weighted by Gasteiger charge is 2.27. The quantitative estimate of drug-likeness (QED) is 0.846. The van der Waals surface area contributed by atoms with Crippen molar-refractivity contribution < 1.29 is 4.79 Å². The van der Waals surface area contributed by atoms with Crippen LogP contribution in [0.5, 0.6) is 0 Å². The maximum absolute atomic E-state index is 11.9. The molecular formula is C15H17N3OS. The van der Waals surface area contributed by atoms with E-state index in [1.54, 1.807) is 0 Å². The molecule has 0 saturated carbocycles. The van der Waals surface area contributed by atoms with E-state index in [4.69, 9.17) is 5.73 Å². The van der Waals surface area contributed by atoms with Gasteiger partial charge in [0.15, 0.2) is 5.13 Å². The number of amides is 1. The molecule has 5 heteroatoms. The molecule has 1 aromatic carbocycles. The second-order valence-corrected chi connectivity index (χ2v) is 6.30. The number of carbonyl (C=O) groups is 1. The molecule has 0 unspecified atom stereocenters. The van der Waals surface area contributed by atoms with Gasteiger partial charge in [-0.3, -0.25) is 4.79 Å². The van der Waals surface area contributed by atoms with Gasteiger partial charge in [-0.2, -0.15) is 0 Å². The van der Waals surface area contributed by atoms with Gasteiger partial charge in [0, 0.05) is 17.2 Å². The van der Waals surface area contributed by atoms with E-state index in [1.807, 2.05) is 0 Å². The van der Waals surface area contributed by atoms with Crippen molar-refractivity contribution in [2.45, 2.75) is 32.7 Å². The van der Waals surface area contributed by atoms with Gasteiger partial charge in [-0.05, 0) is 30.5 Å². The number of hydrogen-bond donors (Lipinski definition) is 2. The number of nitrogens with one attached hydrogen (secondary N) is 1. The van der Waals surface area contributed by atoms with Crippen molar-refractivity contribution in [3.8, 4) is 0 Å². The Hall–Kier alpha value is -1.88.